The molecule has 170 valence electrons. The number of benzene rings is 1. The van der Waals surface area contributed by atoms with E-state index in [-0.39, 0.29) is 24.0 Å². The minimum Gasteiger partial charge on any atom is -0.484 e. The van der Waals surface area contributed by atoms with Gasteiger partial charge in [-0.05, 0) is 55.4 Å². The maximum atomic E-state index is 13.2. The fraction of sp³-hybridized carbons (Fsp3) is 0.538. The van der Waals surface area contributed by atoms with E-state index in [9.17, 15) is 9.59 Å². The molecule has 1 amide bonds. The molecule has 0 spiro atoms. The highest BCUT2D eigenvalue weighted by Gasteiger charge is 2.36. The fourth-order valence-corrected chi connectivity index (χ4v) is 5.68. The first-order valence-corrected chi connectivity index (χ1v) is 12.1. The number of piperidine rings is 1. The minimum atomic E-state index is 0.0186. The second-order valence-electron chi connectivity index (χ2n) is 9.67. The first-order valence-electron chi connectivity index (χ1n) is 12.1. The van der Waals surface area contributed by atoms with E-state index < -0.39 is 0 Å². The van der Waals surface area contributed by atoms with Crippen molar-refractivity contribution in [3.63, 3.8) is 0 Å². The molecule has 1 aromatic heterocycles. The van der Waals surface area contributed by atoms with E-state index in [1.165, 1.54) is 32.1 Å². The summed E-state index contributed by atoms with van der Waals surface area (Å²) >= 11 is 0. The second kappa shape index (κ2) is 9.39. The molecule has 1 saturated heterocycles. The molecule has 32 heavy (non-hydrogen) atoms. The van der Waals surface area contributed by atoms with Crippen LogP contribution in [-0.4, -0.2) is 41.6 Å². The molecule has 3 heterocycles. The van der Waals surface area contributed by atoms with Gasteiger partial charge < -0.3 is 19.5 Å². The maximum absolute atomic E-state index is 13.2. The molecule has 2 bridgehead atoms. The van der Waals surface area contributed by atoms with Crippen LogP contribution >= 0.6 is 0 Å². The van der Waals surface area contributed by atoms with Crippen molar-refractivity contribution < 1.29 is 9.53 Å². The molecule has 1 saturated carbocycles. The van der Waals surface area contributed by atoms with Crippen molar-refractivity contribution >= 4 is 11.6 Å². The van der Waals surface area contributed by atoms with Crippen molar-refractivity contribution in [1.82, 2.24) is 9.47 Å². The van der Waals surface area contributed by atoms with Crippen LogP contribution < -0.4 is 15.6 Å². The number of hydrogen-bond acceptors (Lipinski definition) is 4. The first-order chi connectivity index (χ1) is 15.7. The van der Waals surface area contributed by atoms with Crippen molar-refractivity contribution in [3.05, 3.63) is 58.5 Å². The van der Waals surface area contributed by atoms with E-state index in [4.69, 9.17) is 4.74 Å². The quantitative estimate of drug-likeness (QED) is 0.748. The number of amides is 1. The molecule has 2 atom stereocenters. The normalized spacial score (nSPS) is 22.8. The Bertz CT molecular complexity index is 997. The number of anilines is 1. The molecule has 2 aromatic rings. The Morgan fingerprint density at radius 2 is 1.81 bits per heavy atom. The topological polar surface area (TPSA) is 63.6 Å². The molecule has 0 unspecified atom stereocenters. The molecule has 1 aromatic carbocycles. The van der Waals surface area contributed by atoms with Crippen LogP contribution in [0, 0.1) is 11.8 Å². The summed E-state index contributed by atoms with van der Waals surface area (Å²) in [7, 11) is 0. The highest BCUT2D eigenvalue weighted by molar-refractivity contribution is 5.78. The zero-order valence-corrected chi connectivity index (χ0v) is 18.7. The van der Waals surface area contributed by atoms with Gasteiger partial charge in [-0.15, -0.1) is 0 Å². The third-order valence-electron chi connectivity index (χ3n) is 7.37. The van der Waals surface area contributed by atoms with Crippen LogP contribution in [0.5, 0.6) is 5.75 Å². The zero-order chi connectivity index (χ0) is 21.9. The lowest BCUT2D eigenvalue weighted by molar-refractivity contribution is -0.136. The van der Waals surface area contributed by atoms with Gasteiger partial charge in [0, 0.05) is 37.8 Å². The summed E-state index contributed by atoms with van der Waals surface area (Å²) in [4.78, 5) is 27.9. The van der Waals surface area contributed by atoms with Gasteiger partial charge in [-0.3, -0.25) is 9.59 Å². The highest BCUT2D eigenvalue weighted by Crippen LogP contribution is 2.35. The Labute approximate surface area is 189 Å². The maximum Gasteiger partial charge on any atom is 0.274 e. The SMILES string of the molecule is O=C(COc1ccccc1)N1C[C@H]2C[C@H](C1)c1ccc(NCC3CCCCC3)c(=O)n1C2. The van der Waals surface area contributed by atoms with Gasteiger partial charge in [-0.1, -0.05) is 37.5 Å². The van der Waals surface area contributed by atoms with Gasteiger partial charge in [-0.2, -0.15) is 0 Å². The number of ether oxygens (including phenoxy) is 1. The van der Waals surface area contributed by atoms with E-state index in [1.54, 1.807) is 0 Å². The summed E-state index contributed by atoms with van der Waals surface area (Å²) in [6.07, 6.45) is 7.54. The number of hydrogen-bond donors (Lipinski definition) is 1. The van der Waals surface area contributed by atoms with Crippen molar-refractivity contribution in [2.75, 3.05) is 31.6 Å². The van der Waals surface area contributed by atoms with Gasteiger partial charge in [0.2, 0.25) is 0 Å². The van der Waals surface area contributed by atoms with Crippen molar-refractivity contribution in [2.45, 2.75) is 51.0 Å². The number of nitrogens with one attached hydrogen (secondary N) is 1. The lowest BCUT2D eigenvalue weighted by atomic mass is 9.83. The number of fused-ring (bicyclic) bond motifs is 4. The summed E-state index contributed by atoms with van der Waals surface area (Å²) in [6, 6.07) is 13.5. The summed E-state index contributed by atoms with van der Waals surface area (Å²) < 4.78 is 7.63. The van der Waals surface area contributed by atoms with Crippen LogP contribution in [0.15, 0.2) is 47.3 Å². The second-order valence-corrected chi connectivity index (χ2v) is 9.67. The predicted molar refractivity (Wildman–Crippen MR) is 125 cm³/mol. The average molecular weight is 436 g/mol. The Morgan fingerprint density at radius 1 is 1.00 bits per heavy atom. The standard InChI is InChI=1S/C26H33N3O3/c30-25(18-32-22-9-5-2-6-10-22)28-15-20-13-21(17-28)24-12-11-23(26(31)29(24)16-20)27-14-19-7-3-1-4-8-19/h2,5-6,9-12,19-21,27H,1,3-4,7-8,13-18H2/t20-,21-/m1/s1. The van der Waals surface area contributed by atoms with E-state index >= 15 is 0 Å². The molecule has 3 aliphatic rings. The molecular weight excluding hydrogens is 402 g/mol. The predicted octanol–water partition coefficient (Wildman–Crippen LogP) is 3.87. The van der Waals surface area contributed by atoms with E-state index in [0.717, 1.165) is 24.3 Å². The number of para-hydroxylation sites is 1. The molecule has 1 N–H and O–H groups in total. The minimum absolute atomic E-state index is 0.0186. The van der Waals surface area contributed by atoms with Gasteiger partial charge in [0.05, 0.1) is 0 Å². The van der Waals surface area contributed by atoms with Crippen LogP contribution in [0.2, 0.25) is 0 Å². The number of aromatic nitrogens is 1. The molecule has 5 rings (SSSR count). The Morgan fingerprint density at radius 3 is 2.62 bits per heavy atom. The van der Waals surface area contributed by atoms with Gasteiger partial charge in [0.25, 0.3) is 11.5 Å². The van der Waals surface area contributed by atoms with E-state index in [1.807, 2.05) is 45.9 Å². The van der Waals surface area contributed by atoms with Crippen LogP contribution in [-0.2, 0) is 11.3 Å². The number of rotatable bonds is 6. The van der Waals surface area contributed by atoms with Crippen LogP contribution in [0.3, 0.4) is 0 Å². The molecule has 6 heteroatoms. The van der Waals surface area contributed by atoms with Crippen molar-refractivity contribution in [2.24, 2.45) is 11.8 Å². The Hall–Kier alpha value is -2.76. The highest BCUT2D eigenvalue weighted by atomic mass is 16.5. The van der Waals surface area contributed by atoms with Crippen LogP contribution in [0.4, 0.5) is 5.69 Å². The fourth-order valence-electron chi connectivity index (χ4n) is 5.68. The third-order valence-corrected chi connectivity index (χ3v) is 7.37. The average Bonchev–Trinajstić information content (AvgIpc) is 2.83. The number of pyridine rings is 1. The van der Waals surface area contributed by atoms with Gasteiger partial charge >= 0.3 is 0 Å². The molecule has 0 radical (unpaired) electrons. The Balaban J connectivity index is 1.24. The third kappa shape index (κ3) is 4.54. The van der Waals surface area contributed by atoms with Crippen LogP contribution in [0.25, 0.3) is 0 Å². The summed E-state index contributed by atoms with van der Waals surface area (Å²) in [5.74, 6) is 1.94. The van der Waals surface area contributed by atoms with E-state index in [2.05, 4.69) is 11.4 Å². The van der Waals surface area contributed by atoms with Crippen LogP contribution in [0.1, 0.15) is 50.1 Å². The van der Waals surface area contributed by atoms with Gasteiger partial charge in [-0.25, -0.2) is 0 Å². The van der Waals surface area contributed by atoms with Crippen molar-refractivity contribution in [3.8, 4) is 5.75 Å². The molecule has 2 aliphatic heterocycles. The monoisotopic (exact) mass is 435 g/mol. The zero-order valence-electron chi connectivity index (χ0n) is 18.7. The van der Waals surface area contributed by atoms with Gasteiger partial charge in [0.15, 0.2) is 6.61 Å². The number of carbonyl (C=O) groups excluding carboxylic acids is 1. The summed E-state index contributed by atoms with van der Waals surface area (Å²) in [6.45, 7) is 2.99. The molecule has 1 aliphatic carbocycles. The lowest BCUT2D eigenvalue weighted by Crippen LogP contribution is -2.50. The molecule has 6 nitrogen and oxygen atoms in total. The summed E-state index contributed by atoms with van der Waals surface area (Å²) in [5.41, 5.74) is 1.89. The number of carbonyl (C=O) groups is 1. The number of likely N-dealkylation sites (tertiary alicyclic amines) is 1. The summed E-state index contributed by atoms with van der Waals surface area (Å²) in [5, 5.41) is 3.44. The van der Waals surface area contributed by atoms with Crippen molar-refractivity contribution in [1.29, 1.82) is 0 Å². The first kappa shape index (κ1) is 21.1. The number of nitrogens with zero attached hydrogens (tertiary/aromatic N) is 2. The largest absolute Gasteiger partial charge is 0.484 e. The molecular formula is C26H33N3O3. The van der Waals surface area contributed by atoms with E-state index in [0.29, 0.717) is 37.2 Å². The Kier molecular flexibility index (Phi) is 6.19. The van der Waals surface area contributed by atoms with Gasteiger partial charge in [0.1, 0.15) is 11.4 Å². The molecule has 2 fully saturated rings. The smallest absolute Gasteiger partial charge is 0.274 e. The lowest BCUT2D eigenvalue weighted by Gasteiger charge is -2.42.